The Morgan fingerprint density at radius 2 is 2.04 bits per heavy atom. The largest absolute Gasteiger partial charge is 0.493 e. The van der Waals surface area contributed by atoms with E-state index in [0.717, 1.165) is 16.6 Å². The van der Waals surface area contributed by atoms with Crippen LogP contribution in [-0.2, 0) is 0 Å². The third-order valence-corrected chi connectivity index (χ3v) is 4.65. The smallest absolute Gasteiger partial charge is 0.205 e. The zero-order chi connectivity index (χ0) is 19.7. The highest BCUT2D eigenvalue weighted by Gasteiger charge is 2.21. The van der Waals surface area contributed by atoms with Gasteiger partial charge in [-0.2, -0.15) is 5.26 Å². The lowest BCUT2D eigenvalue weighted by Crippen LogP contribution is -2.16. The first kappa shape index (κ1) is 17.7. The number of rotatable bonds is 4. The summed E-state index contributed by atoms with van der Waals surface area (Å²) in [4.78, 5) is 16.3. The molecular weight excluding hydrogens is 356 g/mol. The van der Waals surface area contributed by atoms with E-state index in [9.17, 15) is 10.1 Å². The Morgan fingerprint density at radius 3 is 2.82 bits per heavy atom. The van der Waals surface area contributed by atoms with Gasteiger partial charge >= 0.3 is 0 Å². The number of ketones is 1. The number of methoxy groups -OCH3 is 1. The van der Waals surface area contributed by atoms with Crippen LogP contribution in [0.15, 0.2) is 42.0 Å². The summed E-state index contributed by atoms with van der Waals surface area (Å²) in [6.07, 6.45) is 1.55. The molecule has 0 aliphatic carbocycles. The highest BCUT2D eigenvalue weighted by molar-refractivity contribution is 6.20. The molecule has 0 amide bonds. The Labute approximate surface area is 161 Å². The molecule has 0 bridgehead atoms. The van der Waals surface area contributed by atoms with Crippen LogP contribution < -0.4 is 14.2 Å². The second-order valence-corrected chi connectivity index (χ2v) is 6.42. The summed E-state index contributed by atoms with van der Waals surface area (Å²) in [5.74, 6) is 1.23. The van der Waals surface area contributed by atoms with Gasteiger partial charge < -0.3 is 19.2 Å². The zero-order valence-electron chi connectivity index (χ0n) is 15.5. The quantitative estimate of drug-likeness (QED) is 0.423. The maximum Gasteiger partial charge on any atom is 0.205 e. The van der Waals surface area contributed by atoms with Gasteiger partial charge in [-0.05, 0) is 36.8 Å². The number of aromatic nitrogens is 1. The number of carbonyl (C=O) groups excluding carboxylic acids is 1. The van der Waals surface area contributed by atoms with E-state index in [-0.39, 0.29) is 11.4 Å². The fourth-order valence-corrected chi connectivity index (χ4v) is 3.40. The van der Waals surface area contributed by atoms with Gasteiger partial charge in [0.05, 0.1) is 12.7 Å². The first-order chi connectivity index (χ1) is 13.6. The molecule has 140 valence electrons. The molecule has 2 aromatic carbocycles. The van der Waals surface area contributed by atoms with Gasteiger partial charge in [0.25, 0.3) is 0 Å². The fraction of sp³-hybridized carbons (Fsp3) is 0.182. The molecule has 0 unspecified atom stereocenters. The average Bonchev–Trinajstić information content (AvgIpc) is 3.06. The molecule has 1 aliphatic rings. The Bertz CT molecular complexity index is 1130. The molecule has 6 nitrogen and oxygen atoms in total. The Morgan fingerprint density at radius 1 is 1.25 bits per heavy atom. The number of aryl methyl sites for hydroxylation is 1. The van der Waals surface area contributed by atoms with Gasteiger partial charge in [-0.3, -0.25) is 4.79 Å². The fourth-order valence-electron chi connectivity index (χ4n) is 3.40. The Hall–Kier alpha value is -3.72. The van der Waals surface area contributed by atoms with E-state index in [1.54, 1.807) is 18.2 Å². The molecule has 28 heavy (non-hydrogen) atoms. The summed E-state index contributed by atoms with van der Waals surface area (Å²) in [5.41, 5.74) is 2.76. The van der Waals surface area contributed by atoms with Crippen molar-refractivity contribution in [1.82, 2.24) is 4.98 Å². The van der Waals surface area contributed by atoms with Crippen LogP contribution in [0.2, 0.25) is 0 Å². The molecule has 0 radical (unpaired) electrons. The molecule has 4 rings (SSSR count). The summed E-state index contributed by atoms with van der Waals surface area (Å²) >= 11 is 0. The van der Waals surface area contributed by atoms with Crippen LogP contribution in [0.4, 0.5) is 0 Å². The second kappa shape index (κ2) is 7.12. The van der Waals surface area contributed by atoms with E-state index < -0.39 is 0 Å². The number of nitrogens with one attached hydrogen (secondary N) is 1. The number of para-hydroxylation sites is 1. The van der Waals surface area contributed by atoms with Gasteiger partial charge in [-0.1, -0.05) is 18.2 Å². The number of hydrogen-bond acceptors (Lipinski definition) is 5. The third kappa shape index (κ3) is 2.97. The number of H-pyrrole nitrogens is 1. The molecule has 2 heterocycles. The summed E-state index contributed by atoms with van der Waals surface area (Å²) < 4.78 is 16.6. The first-order valence-corrected chi connectivity index (χ1v) is 8.84. The summed E-state index contributed by atoms with van der Waals surface area (Å²) in [5, 5.41) is 10.4. The van der Waals surface area contributed by atoms with Gasteiger partial charge in [0.2, 0.25) is 11.5 Å². The topological polar surface area (TPSA) is 84.3 Å². The van der Waals surface area contributed by atoms with Crippen LogP contribution in [0.3, 0.4) is 0 Å². The number of benzene rings is 2. The standard InChI is InChI=1S/C22H18N2O4/c1-13-20(16-5-3-4-6-17(16)24-13)21(25)15(12-23)9-14-10-18(26-2)22-19(11-14)27-7-8-28-22/h3-6,9-11,24H,7-8H2,1-2H3/b15-9+. The van der Waals surface area contributed by atoms with Crippen LogP contribution >= 0.6 is 0 Å². The summed E-state index contributed by atoms with van der Waals surface area (Å²) in [7, 11) is 1.53. The monoisotopic (exact) mass is 374 g/mol. The van der Waals surface area contributed by atoms with Crippen LogP contribution in [0.25, 0.3) is 17.0 Å². The van der Waals surface area contributed by atoms with E-state index in [0.29, 0.717) is 41.6 Å². The highest BCUT2D eigenvalue weighted by atomic mass is 16.6. The molecule has 0 saturated heterocycles. The van der Waals surface area contributed by atoms with Crippen LogP contribution in [-0.4, -0.2) is 31.1 Å². The van der Waals surface area contributed by atoms with Gasteiger partial charge in [0, 0.05) is 16.6 Å². The van der Waals surface area contributed by atoms with Crippen molar-refractivity contribution in [1.29, 1.82) is 5.26 Å². The number of hydrogen-bond donors (Lipinski definition) is 1. The molecule has 0 saturated carbocycles. The maximum atomic E-state index is 13.1. The van der Waals surface area contributed by atoms with E-state index in [1.807, 2.05) is 37.3 Å². The molecule has 3 aromatic rings. The lowest BCUT2D eigenvalue weighted by Gasteiger charge is -2.21. The predicted molar refractivity (Wildman–Crippen MR) is 105 cm³/mol. The van der Waals surface area contributed by atoms with E-state index in [2.05, 4.69) is 4.98 Å². The zero-order valence-corrected chi connectivity index (χ0v) is 15.5. The Kier molecular flexibility index (Phi) is 4.50. The molecule has 0 spiro atoms. The molecule has 0 atom stereocenters. The number of Topliss-reactive ketones (excluding diaryl/α,β-unsaturated/α-hetero) is 1. The van der Waals surface area contributed by atoms with E-state index in [1.165, 1.54) is 7.11 Å². The van der Waals surface area contributed by atoms with Crippen molar-refractivity contribution in [3.05, 3.63) is 58.8 Å². The highest BCUT2D eigenvalue weighted by Crippen LogP contribution is 2.41. The normalized spacial score (nSPS) is 13.2. The number of aromatic amines is 1. The molecule has 6 heteroatoms. The van der Waals surface area contributed by atoms with Crippen LogP contribution in [0, 0.1) is 18.3 Å². The number of nitriles is 1. The maximum absolute atomic E-state index is 13.1. The van der Waals surface area contributed by atoms with Gasteiger partial charge in [0.15, 0.2) is 11.5 Å². The summed E-state index contributed by atoms with van der Waals surface area (Å²) in [6.45, 7) is 2.71. The number of nitrogens with zero attached hydrogens (tertiary/aromatic N) is 1. The number of ether oxygens (including phenoxy) is 3. The van der Waals surface area contributed by atoms with Crippen molar-refractivity contribution in [3.63, 3.8) is 0 Å². The molecule has 1 aliphatic heterocycles. The minimum Gasteiger partial charge on any atom is -0.493 e. The first-order valence-electron chi connectivity index (χ1n) is 8.84. The van der Waals surface area contributed by atoms with Gasteiger partial charge in [-0.25, -0.2) is 0 Å². The lowest BCUT2D eigenvalue weighted by atomic mass is 9.99. The Balaban J connectivity index is 1.79. The van der Waals surface area contributed by atoms with Crippen LogP contribution in [0.5, 0.6) is 17.2 Å². The molecule has 1 N–H and O–H groups in total. The van der Waals surface area contributed by atoms with Crippen LogP contribution in [0.1, 0.15) is 21.6 Å². The van der Waals surface area contributed by atoms with Crippen molar-refractivity contribution < 1.29 is 19.0 Å². The minimum atomic E-state index is -0.327. The van der Waals surface area contributed by atoms with Crippen molar-refractivity contribution in [3.8, 4) is 23.3 Å². The lowest BCUT2D eigenvalue weighted by molar-refractivity contribution is 0.104. The van der Waals surface area contributed by atoms with Crippen molar-refractivity contribution in [2.45, 2.75) is 6.92 Å². The van der Waals surface area contributed by atoms with Gasteiger partial charge in [0.1, 0.15) is 24.9 Å². The molecular formula is C22H18N2O4. The van der Waals surface area contributed by atoms with Crippen molar-refractivity contribution in [2.75, 3.05) is 20.3 Å². The minimum absolute atomic E-state index is 0.0339. The van der Waals surface area contributed by atoms with E-state index >= 15 is 0 Å². The van der Waals surface area contributed by atoms with Gasteiger partial charge in [-0.15, -0.1) is 0 Å². The molecule has 0 fully saturated rings. The summed E-state index contributed by atoms with van der Waals surface area (Å²) in [6, 6.07) is 13.0. The average molecular weight is 374 g/mol. The van der Waals surface area contributed by atoms with E-state index in [4.69, 9.17) is 14.2 Å². The second-order valence-electron chi connectivity index (χ2n) is 6.42. The number of carbonyl (C=O) groups is 1. The molecule has 1 aromatic heterocycles. The predicted octanol–water partition coefficient (Wildman–Crippen LogP) is 4.05. The number of allylic oxidation sites excluding steroid dienone is 1. The SMILES string of the molecule is COc1cc(/C=C(\C#N)C(=O)c2c(C)[nH]c3ccccc23)cc2c1OCCO2. The van der Waals surface area contributed by atoms with Crippen molar-refractivity contribution >= 4 is 22.8 Å². The third-order valence-electron chi connectivity index (χ3n) is 4.65. The van der Waals surface area contributed by atoms with Crippen molar-refractivity contribution in [2.24, 2.45) is 0 Å². The number of fused-ring (bicyclic) bond motifs is 2.